The van der Waals surface area contributed by atoms with Crippen molar-refractivity contribution in [3.63, 3.8) is 0 Å². The van der Waals surface area contributed by atoms with E-state index in [2.05, 4.69) is 0 Å². The molecule has 2 aromatic rings. The largest absolute Gasteiger partial charge is 0.315 e. The molecule has 1 unspecified atom stereocenters. The molecule has 4 nitrogen and oxygen atoms in total. The van der Waals surface area contributed by atoms with Gasteiger partial charge in [0.2, 0.25) is 11.8 Å². The Kier molecular flexibility index (Phi) is 4.29. The number of hydrogen-bond donors (Lipinski definition) is 0. The lowest BCUT2D eigenvalue weighted by Gasteiger charge is -2.22. The number of hydrogen-bond acceptors (Lipinski definition) is 2. The Hall–Kier alpha value is -2.76. The summed E-state index contributed by atoms with van der Waals surface area (Å²) in [6.45, 7) is -0.0350. The number of carbonyl (C=O) groups is 2. The van der Waals surface area contributed by atoms with E-state index in [1.54, 1.807) is 31.3 Å². The number of benzene rings is 2. The second kappa shape index (κ2) is 6.39. The van der Waals surface area contributed by atoms with Crippen LogP contribution in [-0.4, -0.2) is 25.4 Å². The van der Waals surface area contributed by atoms with Crippen molar-refractivity contribution >= 4 is 23.2 Å². The number of halogens is 2. The highest BCUT2D eigenvalue weighted by Crippen LogP contribution is 2.31. The van der Waals surface area contributed by atoms with Crippen molar-refractivity contribution in [2.24, 2.45) is 5.92 Å². The standard InChI is InChI=1S/C18H16F2N2O2/c1-21(13-6-3-2-4-7-13)18(24)12-10-16(23)22(11-12)17-14(19)8-5-9-15(17)20/h2-9,12H,10-11H2,1H3. The highest BCUT2D eigenvalue weighted by molar-refractivity contribution is 6.04. The number of anilines is 2. The third kappa shape index (κ3) is 2.87. The first-order valence-electron chi connectivity index (χ1n) is 7.56. The number of nitrogens with zero attached hydrogens (tertiary/aromatic N) is 2. The van der Waals surface area contributed by atoms with Gasteiger partial charge in [0.1, 0.15) is 17.3 Å². The second-order valence-corrected chi connectivity index (χ2v) is 5.71. The molecule has 0 N–H and O–H groups in total. The molecule has 1 atom stereocenters. The Bertz CT molecular complexity index is 760. The topological polar surface area (TPSA) is 40.6 Å². The number of carbonyl (C=O) groups excluding carboxylic acids is 2. The zero-order valence-electron chi connectivity index (χ0n) is 13.1. The van der Waals surface area contributed by atoms with Gasteiger partial charge in [0.25, 0.3) is 0 Å². The van der Waals surface area contributed by atoms with E-state index in [0.717, 1.165) is 17.0 Å². The quantitative estimate of drug-likeness (QED) is 0.868. The Morgan fingerprint density at radius 3 is 2.33 bits per heavy atom. The lowest BCUT2D eigenvalue weighted by Crippen LogP contribution is -2.35. The van der Waals surface area contributed by atoms with Crippen LogP contribution in [0.2, 0.25) is 0 Å². The highest BCUT2D eigenvalue weighted by Gasteiger charge is 2.38. The molecule has 0 saturated carbocycles. The zero-order chi connectivity index (χ0) is 17.3. The van der Waals surface area contributed by atoms with Gasteiger partial charge in [-0.3, -0.25) is 9.59 Å². The molecule has 0 bridgehead atoms. The second-order valence-electron chi connectivity index (χ2n) is 5.71. The summed E-state index contributed by atoms with van der Waals surface area (Å²) in [6, 6.07) is 12.4. The fraction of sp³-hybridized carbons (Fsp3) is 0.222. The normalized spacial score (nSPS) is 17.2. The minimum absolute atomic E-state index is 0.0350. The van der Waals surface area contributed by atoms with Crippen molar-refractivity contribution in [3.8, 4) is 0 Å². The molecule has 124 valence electrons. The lowest BCUT2D eigenvalue weighted by atomic mass is 10.1. The van der Waals surface area contributed by atoms with E-state index in [-0.39, 0.29) is 24.6 Å². The summed E-state index contributed by atoms with van der Waals surface area (Å²) in [7, 11) is 1.62. The molecule has 2 aromatic carbocycles. The molecule has 0 spiro atoms. The van der Waals surface area contributed by atoms with Crippen molar-refractivity contribution in [1.82, 2.24) is 0 Å². The summed E-state index contributed by atoms with van der Waals surface area (Å²) in [5, 5.41) is 0. The zero-order valence-corrected chi connectivity index (χ0v) is 13.1. The molecule has 6 heteroatoms. The molecule has 0 radical (unpaired) electrons. The minimum atomic E-state index is -0.812. The van der Waals surface area contributed by atoms with Crippen molar-refractivity contribution in [3.05, 3.63) is 60.2 Å². The maximum Gasteiger partial charge on any atom is 0.232 e. The van der Waals surface area contributed by atoms with Gasteiger partial charge in [-0.15, -0.1) is 0 Å². The summed E-state index contributed by atoms with van der Waals surface area (Å²) in [5.74, 6) is -2.98. The van der Waals surface area contributed by atoms with E-state index >= 15 is 0 Å². The van der Waals surface area contributed by atoms with Crippen LogP contribution in [0.4, 0.5) is 20.2 Å². The fourth-order valence-corrected chi connectivity index (χ4v) is 2.89. The molecular weight excluding hydrogens is 314 g/mol. The fourth-order valence-electron chi connectivity index (χ4n) is 2.89. The maximum atomic E-state index is 13.9. The van der Waals surface area contributed by atoms with Gasteiger partial charge in [-0.2, -0.15) is 0 Å². The molecule has 2 amide bonds. The molecule has 1 fully saturated rings. The van der Waals surface area contributed by atoms with E-state index < -0.39 is 23.5 Å². The predicted octanol–water partition coefficient (Wildman–Crippen LogP) is 2.98. The van der Waals surface area contributed by atoms with E-state index in [1.807, 2.05) is 6.07 Å². The monoisotopic (exact) mass is 330 g/mol. The number of amides is 2. The first-order valence-corrected chi connectivity index (χ1v) is 7.56. The van der Waals surface area contributed by atoms with Gasteiger partial charge in [0.15, 0.2) is 0 Å². The summed E-state index contributed by atoms with van der Waals surface area (Å²) in [5.41, 5.74) is 0.311. The number of para-hydroxylation sites is 2. The Morgan fingerprint density at radius 2 is 1.71 bits per heavy atom. The molecule has 0 aliphatic carbocycles. The van der Waals surface area contributed by atoms with Crippen LogP contribution in [-0.2, 0) is 9.59 Å². The Balaban J connectivity index is 1.81. The third-order valence-corrected chi connectivity index (χ3v) is 4.16. The molecule has 3 rings (SSSR count). The van der Waals surface area contributed by atoms with Gasteiger partial charge >= 0.3 is 0 Å². The number of rotatable bonds is 3. The van der Waals surface area contributed by atoms with Gasteiger partial charge in [-0.05, 0) is 24.3 Å². The van der Waals surface area contributed by atoms with Crippen LogP contribution in [0.25, 0.3) is 0 Å². The van der Waals surface area contributed by atoms with Crippen molar-refractivity contribution in [1.29, 1.82) is 0 Å². The predicted molar refractivity (Wildman–Crippen MR) is 86.7 cm³/mol. The van der Waals surface area contributed by atoms with Crippen molar-refractivity contribution in [2.45, 2.75) is 6.42 Å². The van der Waals surface area contributed by atoms with Gasteiger partial charge < -0.3 is 9.80 Å². The van der Waals surface area contributed by atoms with Crippen LogP contribution < -0.4 is 9.80 Å². The molecule has 1 heterocycles. The average molecular weight is 330 g/mol. The maximum absolute atomic E-state index is 13.9. The molecule has 1 aliphatic rings. The van der Waals surface area contributed by atoms with E-state index in [0.29, 0.717) is 5.69 Å². The third-order valence-electron chi connectivity index (χ3n) is 4.16. The molecule has 1 saturated heterocycles. The van der Waals surface area contributed by atoms with Crippen LogP contribution in [0.5, 0.6) is 0 Å². The first kappa shape index (κ1) is 16.1. The van der Waals surface area contributed by atoms with Crippen LogP contribution in [0.15, 0.2) is 48.5 Å². The summed E-state index contributed by atoms with van der Waals surface area (Å²) in [6.07, 6.45) is -0.0657. The lowest BCUT2D eigenvalue weighted by molar-refractivity contribution is -0.124. The van der Waals surface area contributed by atoms with Crippen LogP contribution in [0.3, 0.4) is 0 Å². The molecule has 24 heavy (non-hydrogen) atoms. The smallest absolute Gasteiger partial charge is 0.232 e. The van der Waals surface area contributed by atoms with Crippen molar-refractivity contribution < 1.29 is 18.4 Å². The van der Waals surface area contributed by atoms with Gasteiger partial charge in [-0.25, -0.2) is 8.78 Å². The van der Waals surface area contributed by atoms with Crippen molar-refractivity contribution in [2.75, 3.05) is 23.4 Å². The summed E-state index contributed by atoms with van der Waals surface area (Å²) < 4.78 is 27.8. The Morgan fingerprint density at radius 1 is 1.08 bits per heavy atom. The van der Waals surface area contributed by atoms with Gasteiger partial charge in [-0.1, -0.05) is 24.3 Å². The Labute approximate surface area is 138 Å². The SMILES string of the molecule is CN(C(=O)C1CC(=O)N(c2c(F)cccc2F)C1)c1ccccc1. The first-order chi connectivity index (χ1) is 11.5. The van der Waals surface area contributed by atoms with E-state index in [9.17, 15) is 18.4 Å². The summed E-state index contributed by atoms with van der Waals surface area (Å²) >= 11 is 0. The van der Waals surface area contributed by atoms with Gasteiger partial charge in [0.05, 0.1) is 5.92 Å². The minimum Gasteiger partial charge on any atom is -0.315 e. The molecule has 1 aliphatic heterocycles. The highest BCUT2D eigenvalue weighted by atomic mass is 19.1. The average Bonchev–Trinajstić information content (AvgIpc) is 2.96. The van der Waals surface area contributed by atoms with E-state index in [4.69, 9.17) is 0 Å². The van der Waals surface area contributed by atoms with Gasteiger partial charge in [0, 0.05) is 25.7 Å². The molecular formula is C18H16F2N2O2. The van der Waals surface area contributed by atoms with Crippen LogP contribution in [0, 0.1) is 17.6 Å². The molecule has 0 aromatic heterocycles. The van der Waals surface area contributed by atoms with Crippen LogP contribution in [0.1, 0.15) is 6.42 Å². The van der Waals surface area contributed by atoms with E-state index in [1.165, 1.54) is 11.0 Å². The summed E-state index contributed by atoms with van der Waals surface area (Å²) in [4.78, 5) is 27.2. The van der Waals surface area contributed by atoms with Crippen LogP contribution >= 0.6 is 0 Å².